The van der Waals surface area contributed by atoms with E-state index < -0.39 is 0 Å². The molecule has 3 heteroatoms. The van der Waals surface area contributed by atoms with Gasteiger partial charge in [-0.25, -0.2) is 0 Å². The van der Waals surface area contributed by atoms with Crippen molar-refractivity contribution in [1.29, 1.82) is 0 Å². The number of benzene rings is 1. The molecule has 0 amide bonds. The summed E-state index contributed by atoms with van der Waals surface area (Å²) in [5.41, 5.74) is 2.63. The number of para-hydroxylation sites is 1. The van der Waals surface area contributed by atoms with Gasteiger partial charge in [0.25, 0.3) is 0 Å². The number of rotatable bonds is 4. The number of alkyl halides is 1. The molecule has 2 aromatic rings. The normalized spacial score (nSPS) is 10.4. The number of thiophene rings is 1. The maximum Gasteiger partial charge on any atom is 0.0519 e. The molecule has 2 rings (SSSR count). The van der Waals surface area contributed by atoms with E-state index in [0.29, 0.717) is 0 Å². The Morgan fingerprint density at radius 3 is 2.69 bits per heavy atom. The van der Waals surface area contributed by atoms with Crippen molar-refractivity contribution in [2.75, 3.05) is 11.9 Å². The standard InChI is InChI=1S/C13H14BrNS/c1-15(10-12-6-4-8-16-12)13-7-3-2-5-11(13)9-14/h2-8H,9-10H2,1H3. The summed E-state index contributed by atoms with van der Waals surface area (Å²) in [5, 5.41) is 3.03. The summed E-state index contributed by atoms with van der Waals surface area (Å²) in [4.78, 5) is 3.69. The van der Waals surface area contributed by atoms with E-state index in [1.54, 1.807) is 11.3 Å². The fraction of sp³-hybridized carbons (Fsp3) is 0.231. The fourth-order valence-corrected chi connectivity index (χ4v) is 2.95. The second-order valence-corrected chi connectivity index (χ2v) is 5.29. The zero-order valence-corrected chi connectivity index (χ0v) is 11.6. The number of hydrogen-bond acceptors (Lipinski definition) is 2. The van der Waals surface area contributed by atoms with Crippen LogP contribution in [0.15, 0.2) is 41.8 Å². The number of hydrogen-bond donors (Lipinski definition) is 0. The molecule has 0 fully saturated rings. The minimum atomic E-state index is 0.901. The van der Waals surface area contributed by atoms with E-state index >= 15 is 0 Å². The molecule has 0 saturated carbocycles. The lowest BCUT2D eigenvalue weighted by Crippen LogP contribution is -2.16. The summed E-state index contributed by atoms with van der Waals surface area (Å²) >= 11 is 5.34. The minimum absolute atomic E-state index is 0.901. The van der Waals surface area contributed by atoms with Crippen LogP contribution in [0.3, 0.4) is 0 Å². The molecule has 0 saturated heterocycles. The molecule has 0 radical (unpaired) electrons. The maximum absolute atomic E-state index is 3.53. The van der Waals surface area contributed by atoms with E-state index in [4.69, 9.17) is 0 Å². The smallest absolute Gasteiger partial charge is 0.0519 e. The van der Waals surface area contributed by atoms with Crippen LogP contribution in [0, 0.1) is 0 Å². The van der Waals surface area contributed by atoms with Gasteiger partial charge in [0.2, 0.25) is 0 Å². The summed E-state index contributed by atoms with van der Waals surface area (Å²) < 4.78 is 0. The van der Waals surface area contributed by atoms with Crippen LogP contribution in [0.25, 0.3) is 0 Å². The van der Waals surface area contributed by atoms with Gasteiger partial charge in [0.05, 0.1) is 6.54 Å². The summed E-state index contributed by atoms with van der Waals surface area (Å²) in [6.07, 6.45) is 0. The summed E-state index contributed by atoms with van der Waals surface area (Å²) in [7, 11) is 2.14. The van der Waals surface area contributed by atoms with Gasteiger partial charge in [0.15, 0.2) is 0 Å². The molecule has 0 aliphatic carbocycles. The lowest BCUT2D eigenvalue weighted by molar-refractivity contribution is 0.933. The second kappa shape index (κ2) is 5.51. The van der Waals surface area contributed by atoms with Crippen molar-refractivity contribution >= 4 is 33.0 Å². The Balaban J connectivity index is 2.17. The Morgan fingerprint density at radius 2 is 2.00 bits per heavy atom. The zero-order chi connectivity index (χ0) is 11.4. The molecule has 1 aromatic carbocycles. The van der Waals surface area contributed by atoms with E-state index in [-0.39, 0.29) is 0 Å². The Labute approximate surface area is 109 Å². The van der Waals surface area contributed by atoms with E-state index in [0.717, 1.165) is 11.9 Å². The van der Waals surface area contributed by atoms with Gasteiger partial charge in [-0.1, -0.05) is 40.2 Å². The van der Waals surface area contributed by atoms with Crippen LogP contribution in [0.5, 0.6) is 0 Å². The van der Waals surface area contributed by atoms with Crippen molar-refractivity contribution in [2.24, 2.45) is 0 Å². The monoisotopic (exact) mass is 295 g/mol. The van der Waals surface area contributed by atoms with E-state index in [2.05, 4.69) is 69.7 Å². The first-order chi connectivity index (χ1) is 7.81. The first-order valence-corrected chi connectivity index (χ1v) is 7.19. The number of nitrogens with zero attached hydrogens (tertiary/aromatic N) is 1. The van der Waals surface area contributed by atoms with Crippen LogP contribution in [0.4, 0.5) is 5.69 Å². The van der Waals surface area contributed by atoms with Crippen molar-refractivity contribution in [1.82, 2.24) is 0 Å². The molecule has 84 valence electrons. The van der Waals surface area contributed by atoms with E-state index in [9.17, 15) is 0 Å². The highest BCUT2D eigenvalue weighted by Gasteiger charge is 2.06. The zero-order valence-electron chi connectivity index (χ0n) is 9.19. The van der Waals surface area contributed by atoms with Gasteiger partial charge in [-0.3, -0.25) is 0 Å². The second-order valence-electron chi connectivity index (χ2n) is 3.70. The molecule has 0 aliphatic heterocycles. The minimum Gasteiger partial charge on any atom is -0.369 e. The van der Waals surface area contributed by atoms with Gasteiger partial charge in [-0.15, -0.1) is 11.3 Å². The predicted octanol–water partition coefficient (Wildman–Crippen LogP) is 4.28. The van der Waals surface area contributed by atoms with Crippen LogP contribution in [-0.4, -0.2) is 7.05 Å². The van der Waals surface area contributed by atoms with Crippen molar-refractivity contribution < 1.29 is 0 Å². The van der Waals surface area contributed by atoms with E-state index in [1.807, 2.05) is 0 Å². The quantitative estimate of drug-likeness (QED) is 0.761. The summed E-state index contributed by atoms with van der Waals surface area (Å²) in [6.45, 7) is 0.974. The summed E-state index contributed by atoms with van der Waals surface area (Å²) in [5.74, 6) is 0. The molecule has 1 aromatic heterocycles. The van der Waals surface area contributed by atoms with Gasteiger partial charge in [0, 0.05) is 22.9 Å². The van der Waals surface area contributed by atoms with Gasteiger partial charge < -0.3 is 4.90 Å². The van der Waals surface area contributed by atoms with Crippen LogP contribution < -0.4 is 4.90 Å². The molecule has 0 spiro atoms. The van der Waals surface area contributed by atoms with Crippen molar-refractivity contribution in [3.05, 3.63) is 52.2 Å². The number of halogens is 1. The van der Waals surface area contributed by atoms with Crippen molar-refractivity contribution in [2.45, 2.75) is 11.9 Å². The SMILES string of the molecule is CN(Cc1cccs1)c1ccccc1CBr. The Morgan fingerprint density at radius 1 is 1.19 bits per heavy atom. The first kappa shape index (κ1) is 11.7. The molecule has 0 unspecified atom stereocenters. The molecule has 0 N–H and O–H groups in total. The van der Waals surface area contributed by atoms with Gasteiger partial charge >= 0.3 is 0 Å². The molecular weight excluding hydrogens is 282 g/mol. The molecule has 1 heterocycles. The summed E-state index contributed by atoms with van der Waals surface area (Å²) in [6, 6.07) is 12.8. The molecule has 0 bridgehead atoms. The third-order valence-electron chi connectivity index (χ3n) is 2.52. The largest absolute Gasteiger partial charge is 0.369 e. The molecule has 1 nitrogen and oxygen atoms in total. The lowest BCUT2D eigenvalue weighted by atomic mass is 10.2. The highest BCUT2D eigenvalue weighted by molar-refractivity contribution is 9.08. The van der Waals surface area contributed by atoms with Gasteiger partial charge in [-0.2, -0.15) is 0 Å². The van der Waals surface area contributed by atoms with Gasteiger partial charge in [-0.05, 0) is 23.1 Å². The average molecular weight is 296 g/mol. The first-order valence-electron chi connectivity index (χ1n) is 5.18. The molecule has 0 atom stereocenters. The highest BCUT2D eigenvalue weighted by atomic mass is 79.9. The fourth-order valence-electron chi connectivity index (χ4n) is 1.72. The van der Waals surface area contributed by atoms with Crippen LogP contribution in [0.1, 0.15) is 10.4 Å². The maximum atomic E-state index is 3.53. The Kier molecular flexibility index (Phi) is 4.02. The third kappa shape index (κ3) is 2.66. The highest BCUT2D eigenvalue weighted by Crippen LogP contribution is 2.23. The van der Waals surface area contributed by atoms with Crippen molar-refractivity contribution in [3.63, 3.8) is 0 Å². The topological polar surface area (TPSA) is 3.24 Å². The average Bonchev–Trinajstić information content (AvgIpc) is 2.81. The Bertz CT molecular complexity index is 439. The van der Waals surface area contributed by atoms with Crippen LogP contribution in [-0.2, 0) is 11.9 Å². The molecule has 0 aliphatic rings. The third-order valence-corrected chi connectivity index (χ3v) is 3.99. The van der Waals surface area contributed by atoms with E-state index in [1.165, 1.54) is 16.1 Å². The van der Waals surface area contributed by atoms with Crippen molar-refractivity contribution in [3.8, 4) is 0 Å². The van der Waals surface area contributed by atoms with Gasteiger partial charge in [0.1, 0.15) is 0 Å². The lowest BCUT2D eigenvalue weighted by Gasteiger charge is -2.21. The van der Waals surface area contributed by atoms with Crippen LogP contribution >= 0.6 is 27.3 Å². The Hall–Kier alpha value is -0.800. The number of anilines is 1. The predicted molar refractivity (Wildman–Crippen MR) is 75.5 cm³/mol. The molecule has 16 heavy (non-hydrogen) atoms. The van der Waals surface area contributed by atoms with Crippen LogP contribution in [0.2, 0.25) is 0 Å². The molecular formula is C13H14BrNS.